The van der Waals surface area contributed by atoms with Crippen molar-refractivity contribution in [2.24, 2.45) is 0 Å². The Morgan fingerprint density at radius 2 is 2.00 bits per heavy atom. The Morgan fingerprint density at radius 3 is 2.12 bits per heavy atom. The summed E-state index contributed by atoms with van der Waals surface area (Å²) >= 11 is 0. The largest absolute Gasteiger partial charge is 0.513 e. The third kappa shape index (κ3) is 3.47. The Bertz CT molecular complexity index is 103. The summed E-state index contributed by atoms with van der Waals surface area (Å²) in [7, 11) is 0. The van der Waals surface area contributed by atoms with Crippen LogP contribution in [0.2, 0.25) is 0 Å². The Labute approximate surface area is 50.3 Å². The summed E-state index contributed by atoms with van der Waals surface area (Å²) in [5.41, 5.74) is 1.03. The van der Waals surface area contributed by atoms with Crippen molar-refractivity contribution in [2.45, 2.75) is 19.8 Å². The van der Waals surface area contributed by atoms with Crippen LogP contribution < -0.4 is 0 Å². The van der Waals surface area contributed by atoms with Crippen LogP contribution in [-0.2, 0) is 0 Å². The summed E-state index contributed by atoms with van der Waals surface area (Å²) in [5.74, 6) is 0.205. The van der Waals surface area contributed by atoms with Gasteiger partial charge >= 0.3 is 0 Å². The van der Waals surface area contributed by atoms with Gasteiger partial charge < -0.3 is 5.11 Å². The maximum atomic E-state index is 8.60. The second-order valence-electron chi connectivity index (χ2n) is 1.85. The number of hydrogen-bond acceptors (Lipinski definition) is 1. The third-order valence-electron chi connectivity index (χ3n) is 0.954. The Hall–Kier alpha value is -0.720. The minimum Gasteiger partial charge on any atom is -0.513 e. The zero-order valence-corrected chi connectivity index (χ0v) is 5.28. The molecule has 0 radical (unpaired) electrons. The second-order valence-corrected chi connectivity index (χ2v) is 1.85. The van der Waals surface area contributed by atoms with Crippen LogP contribution in [0.15, 0.2) is 24.5 Å². The van der Waals surface area contributed by atoms with E-state index in [1.807, 2.05) is 6.92 Å². The topological polar surface area (TPSA) is 20.2 Å². The standard InChI is InChI=1S/C7H12O/c1-4-6(2)5-7(3)8/h8H,2-5H2,1H3. The molecule has 0 aromatic heterocycles. The van der Waals surface area contributed by atoms with Crippen LogP contribution in [0.1, 0.15) is 19.8 Å². The van der Waals surface area contributed by atoms with Gasteiger partial charge in [-0.1, -0.05) is 25.7 Å². The smallest absolute Gasteiger partial charge is 0.0891 e. The molecule has 0 aliphatic carbocycles. The van der Waals surface area contributed by atoms with Gasteiger partial charge in [0.25, 0.3) is 0 Å². The molecule has 0 bridgehead atoms. The van der Waals surface area contributed by atoms with Gasteiger partial charge in [0.2, 0.25) is 0 Å². The highest BCUT2D eigenvalue weighted by Gasteiger charge is 1.90. The summed E-state index contributed by atoms with van der Waals surface area (Å²) in [6.07, 6.45) is 1.47. The first kappa shape index (κ1) is 7.28. The highest BCUT2D eigenvalue weighted by molar-refractivity contribution is 5.02. The van der Waals surface area contributed by atoms with Crippen LogP contribution in [0.4, 0.5) is 0 Å². The Morgan fingerprint density at radius 1 is 1.50 bits per heavy atom. The number of aliphatic hydroxyl groups is 1. The fourth-order valence-electron chi connectivity index (χ4n) is 0.414. The van der Waals surface area contributed by atoms with Crippen LogP contribution in [0.25, 0.3) is 0 Å². The van der Waals surface area contributed by atoms with Gasteiger partial charge in [-0.2, -0.15) is 0 Å². The molecule has 0 rings (SSSR count). The van der Waals surface area contributed by atoms with E-state index in [4.69, 9.17) is 5.11 Å². The van der Waals surface area contributed by atoms with Crippen molar-refractivity contribution in [3.8, 4) is 0 Å². The SMILES string of the molecule is C=C(O)CC(=C)CC. The summed E-state index contributed by atoms with van der Waals surface area (Å²) in [6, 6.07) is 0. The van der Waals surface area contributed by atoms with Gasteiger partial charge in [0, 0.05) is 6.42 Å². The lowest BCUT2D eigenvalue weighted by molar-refractivity contribution is 0.400. The zero-order chi connectivity index (χ0) is 6.57. The van der Waals surface area contributed by atoms with E-state index < -0.39 is 0 Å². The average Bonchev–Trinajstić information content (AvgIpc) is 1.65. The number of rotatable bonds is 3. The van der Waals surface area contributed by atoms with E-state index in [0.717, 1.165) is 12.0 Å². The highest BCUT2D eigenvalue weighted by Crippen LogP contribution is 2.06. The van der Waals surface area contributed by atoms with Crippen LogP contribution in [0.5, 0.6) is 0 Å². The normalized spacial score (nSPS) is 8.62. The average molecular weight is 112 g/mol. The zero-order valence-electron chi connectivity index (χ0n) is 5.28. The van der Waals surface area contributed by atoms with E-state index in [0.29, 0.717) is 6.42 Å². The second kappa shape index (κ2) is 3.30. The van der Waals surface area contributed by atoms with E-state index in [9.17, 15) is 0 Å². The van der Waals surface area contributed by atoms with Gasteiger partial charge in [-0.05, 0) is 6.42 Å². The van der Waals surface area contributed by atoms with E-state index in [1.165, 1.54) is 0 Å². The lowest BCUT2D eigenvalue weighted by Gasteiger charge is -1.97. The summed E-state index contributed by atoms with van der Waals surface area (Å²) in [5, 5.41) is 8.60. The van der Waals surface area contributed by atoms with Crippen LogP contribution >= 0.6 is 0 Å². The highest BCUT2D eigenvalue weighted by atomic mass is 16.3. The first-order valence-electron chi connectivity index (χ1n) is 2.70. The Balaban J connectivity index is 3.40. The van der Waals surface area contributed by atoms with E-state index >= 15 is 0 Å². The Kier molecular flexibility index (Phi) is 3.01. The molecule has 0 aromatic rings. The molecule has 1 heteroatoms. The minimum atomic E-state index is 0.205. The van der Waals surface area contributed by atoms with Crippen molar-refractivity contribution in [2.75, 3.05) is 0 Å². The molecule has 0 saturated heterocycles. The van der Waals surface area contributed by atoms with Crippen molar-refractivity contribution < 1.29 is 5.11 Å². The molecule has 0 spiro atoms. The fraction of sp³-hybridized carbons (Fsp3) is 0.429. The maximum Gasteiger partial charge on any atom is 0.0891 e. The third-order valence-corrected chi connectivity index (χ3v) is 0.954. The van der Waals surface area contributed by atoms with Crippen molar-refractivity contribution in [3.63, 3.8) is 0 Å². The van der Waals surface area contributed by atoms with Gasteiger partial charge in [0.1, 0.15) is 0 Å². The maximum absolute atomic E-state index is 8.60. The van der Waals surface area contributed by atoms with Gasteiger partial charge in [0.15, 0.2) is 0 Å². The molecular weight excluding hydrogens is 100 g/mol. The van der Waals surface area contributed by atoms with Crippen LogP contribution in [-0.4, -0.2) is 5.11 Å². The summed E-state index contributed by atoms with van der Waals surface area (Å²) < 4.78 is 0. The monoisotopic (exact) mass is 112 g/mol. The quantitative estimate of drug-likeness (QED) is 0.439. The predicted molar refractivity (Wildman–Crippen MR) is 35.8 cm³/mol. The molecule has 0 amide bonds. The molecule has 1 nitrogen and oxygen atoms in total. The molecule has 0 unspecified atom stereocenters. The molecule has 0 aliphatic heterocycles. The van der Waals surface area contributed by atoms with Gasteiger partial charge in [0.05, 0.1) is 5.76 Å². The van der Waals surface area contributed by atoms with Crippen LogP contribution in [0, 0.1) is 0 Å². The lowest BCUT2D eigenvalue weighted by atomic mass is 10.1. The molecule has 0 heterocycles. The van der Waals surface area contributed by atoms with E-state index in [2.05, 4.69) is 13.2 Å². The molecule has 0 fully saturated rings. The summed E-state index contributed by atoms with van der Waals surface area (Å²) in [6.45, 7) is 9.04. The first-order chi connectivity index (χ1) is 3.66. The molecule has 46 valence electrons. The minimum absolute atomic E-state index is 0.205. The van der Waals surface area contributed by atoms with Gasteiger partial charge in [-0.15, -0.1) is 0 Å². The molecule has 0 aliphatic rings. The number of hydrogen-bond donors (Lipinski definition) is 1. The number of aliphatic hydroxyl groups excluding tert-OH is 1. The van der Waals surface area contributed by atoms with E-state index in [-0.39, 0.29) is 5.76 Å². The fourth-order valence-corrected chi connectivity index (χ4v) is 0.414. The molecule has 1 N–H and O–H groups in total. The first-order valence-corrected chi connectivity index (χ1v) is 2.70. The lowest BCUT2D eigenvalue weighted by Crippen LogP contribution is -1.80. The predicted octanol–water partition coefficient (Wildman–Crippen LogP) is 2.41. The number of allylic oxidation sites excluding steroid dienone is 1. The molecule has 0 aromatic carbocycles. The van der Waals surface area contributed by atoms with Crippen molar-refractivity contribution >= 4 is 0 Å². The van der Waals surface area contributed by atoms with Crippen LogP contribution in [0.3, 0.4) is 0 Å². The van der Waals surface area contributed by atoms with Crippen molar-refractivity contribution in [1.29, 1.82) is 0 Å². The molecule has 0 saturated carbocycles. The molecular formula is C7H12O. The van der Waals surface area contributed by atoms with Gasteiger partial charge in [-0.3, -0.25) is 0 Å². The van der Waals surface area contributed by atoms with E-state index in [1.54, 1.807) is 0 Å². The summed E-state index contributed by atoms with van der Waals surface area (Å²) in [4.78, 5) is 0. The molecule has 8 heavy (non-hydrogen) atoms. The van der Waals surface area contributed by atoms with Gasteiger partial charge in [-0.25, -0.2) is 0 Å². The van der Waals surface area contributed by atoms with Crippen molar-refractivity contribution in [3.05, 3.63) is 24.5 Å². The molecule has 0 atom stereocenters. The van der Waals surface area contributed by atoms with Crippen molar-refractivity contribution in [1.82, 2.24) is 0 Å².